The highest BCUT2D eigenvalue weighted by Crippen LogP contribution is 2.26. The highest BCUT2D eigenvalue weighted by Gasteiger charge is 2.23. The fourth-order valence-electron chi connectivity index (χ4n) is 2.13. The maximum absolute atomic E-state index is 11.8. The zero-order valence-electron chi connectivity index (χ0n) is 10.8. The highest BCUT2D eigenvalue weighted by molar-refractivity contribution is 6.30. The molecule has 0 spiro atoms. The fourth-order valence-corrected chi connectivity index (χ4v) is 2.36. The van der Waals surface area contributed by atoms with Gasteiger partial charge in [-0.05, 0) is 36.8 Å². The van der Waals surface area contributed by atoms with Gasteiger partial charge in [0.05, 0.1) is 5.70 Å². The van der Waals surface area contributed by atoms with Gasteiger partial charge in [-0.15, -0.1) is 0 Å². The van der Waals surface area contributed by atoms with Crippen LogP contribution < -0.4 is 10.1 Å². The maximum Gasteiger partial charge on any atom is 0.256 e. The summed E-state index contributed by atoms with van der Waals surface area (Å²) in [5, 5.41) is 3.46. The first-order valence-corrected chi connectivity index (χ1v) is 6.56. The molecule has 2 aromatic carbocycles. The van der Waals surface area contributed by atoms with Gasteiger partial charge in [0.2, 0.25) is 0 Å². The van der Waals surface area contributed by atoms with E-state index in [1.807, 2.05) is 31.2 Å². The highest BCUT2D eigenvalue weighted by atomic mass is 35.5. The van der Waals surface area contributed by atoms with Crippen LogP contribution in [-0.2, 0) is 0 Å². The number of hydrogen-bond acceptors (Lipinski definition) is 2. The molecular weight excluding hydrogens is 274 g/mol. The molecule has 1 N–H and O–H groups in total. The molecule has 3 nitrogen and oxygen atoms in total. The largest absolute Gasteiger partial charge is 0.463 e. The number of amides is 1. The molecule has 0 saturated heterocycles. The van der Waals surface area contributed by atoms with Crippen LogP contribution in [0.15, 0.2) is 48.7 Å². The average Bonchev–Trinajstić information content (AvgIpc) is 2.75. The van der Waals surface area contributed by atoms with Gasteiger partial charge in [-0.25, -0.2) is 0 Å². The Bertz CT molecular complexity index is 722. The molecule has 20 heavy (non-hydrogen) atoms. The van der Waals surface area contributed by atoms with E-state index in [-0.39, 0.29) is 5.91 Å². The number of ether oxygens (including phenoxy) is 1. The minimum atomic E-state index is -0.108. The number of nitrogens with one attached hydrogen (secondary N) is 1. The van der Waals surface area contributed by atoms with Crippen LogP contribution >= 0.6 is 11.6 Å². The smallest absolute Gasteiger partial charge is 0.256 e. The van der Waals surface area contributed by atoms with Gasteiger partial charge in [0, 0.05) is 16.1 Å². The van der Waals surface area contributed by atoms with E-state index in [4.69, 9.17) is 16.3 Å². The molecule has 0 saturated carbocycles. The van der Waals surface area contributed by atoms with E-state index in [2.05, 4.69) is 5.32 Å². The van der Waals surface area contributed by atoms with Gasteiger partial charge in [0.15, 0.2) is 0 Å². The maximum atomic E-state index is 11.8. The Kier molecular flexibility index (Phi) is 3.20. The van der Waals surface area contributed by atoms with Crippen LogP contribution in [0.3, 0.4) is 0 Å². The van der Waals surface area contributed by atoms with Crippen molar-refractivity contribution in [2.24, 2.45) is 0 Å². The molecular formula is C16H12ClNO2. The van der Waals surface area contributed by atoms with E-state index in [9.17, 15) is 4.79 Å². The number of benzene rings is 2. The van der Waals surface area contributed by atoms with E-state index in [0.29, 0.717) is 22.0 Å². The van der Waals surface area contributed by atoms with E-state index in [1.54, 1.807) is 24.5 Å². The molecule has 0 unspecified atom stereocenters. The topological polar surface area (TPSA) is 38.3 Å². The molecule has 0 bridgehead atoms. The Morgan fingerprint density at radius 3 is 2.65 bits per heavy atom. The Morgan fingerprint density at radius 1 is 1.15 bits per heavy atom. The fraction of sp³-hybridized carbons (Fsp3) is 0.0625. The minimum Gasteiger partial charge on any atom is -0.463 e. The van der Waals surface area contributed by atoms with Gasteiger partial charge in [0.25, 0.3) is 5.91 Å². The lowest BCUT2D eigenvalue weighted by Gasteiger charge is -2.06. The van der Waals surface area contributed by atoms with Crippen molar-refractivity contribution < 1.29 is 9.53 Å². The predicted molar refractivity (Wildman–Crippen MR) is 78.7 cm³/mol. The van der Waals surface area contributed by atoms with Crippen LogP contribution in [0.4, 0.5) is 0 Å². The second kappa shape index (κ2) is 5.02. The van der Waals surface area contributed by atoms with E-state index in [0.717, 1.165) is 11.1 Å². The number of carbonyl (C=O) groups excluding carboxylic acids is 1. The summed E-state index contributed by atoms with van der Waals surface area (Å²) in [6.07, 6.45) is 1.56. The first kappa shape index (κ1) is 12.8. The van der Waals surface area contributed by atoms with Crippen molar-refractivity contribution in [2.75, 3.05) is 0 Å². The Hall–Kier alpha value is -2.26. The summed E-state index contributed by atoms with van der Waals surface area (Å²) in [6.45, 7) is 1.92. The lowest BCUT2D eigenvalue weighted by Crippen LogP contribution is -2.12. The van der Waals surface area contributed by atoms with Crippen LogP contribution in [0, 0.1) is 6.92 Å². The monoisotopic (exact) mass is 285 g/mol. The molecule has 1 aliphatic heterocycles. The first-order chi connectivity index (χ1) is 9.65. The molecule has 4 heteroatoms. The van der Waals surface area contributed by atoms with E-state index >= 15 is 0 Å². The van der Waals surface area contributed by atoms with Crippen molar-refractivity contribution in [2.45, 2.75) is 6.92 Å². The Balaban J connectivity index is 1.89. The Labute approximate surface area is 121 Å². The second-order valence-corrected chi connectivity index (χ2v) is 5.00. The van der Waals surface area contributed by atoms with Crippen molar-refractivity contribution in [1.29, 1.82) is 0 Å². The summed E-state index contributed by atoms with van der Waals surface area (Å²) in [4.78, 5) is 11.8. The van der Waals surface area contributed by atoms with Crippen molar-refractivity contribution in [1.82, 2.24) is 5.32 Å². The summed E-state index contributed by atoms with van der Waals surface area (Å²) in [6, 6.07) is 12.8. The molecule has 1 heterocycles. The molecule has 0 aromatic heterocycles. The number of aryl methyl sites for hydroxylation is 1. The van der Waals surface area contributed by atoms with Gasteiger partial charge in [-0.2, -0.15) is 0 Å². The van der Waals surface area contributed by atoms with E-state index < -0.39 is 0 Å². The molecule has 100 valence electrons. The van der Waals surface area contributed by atoms with Crippen LogP contribution in [0.5, 0.6) is 5.75 Å². The molecule has 2 aromatic rings. The SMILES string of the molecule is Cc1cc(Cl)ccc1O/C=C1\NC(=O)c2ccccc21. The van der Waals surface area contributed by atoms with Crippen molar-refractivity contribution in [3.05, 3.63) is 70.4 Å². The quantitative estimate of drug-likeness (QED) is 0.853. The average molecular weight is 286 g/mol. The van der Waals surface area contributed by atoms with Crippen LogP contribution in [0.25, 0.3) is 5.70 Å². The summed E-state index contributed by atoms with van der Waals surface area (Å²) in [5.74, 6) is 0.601. The predicted octanol–water partition coefficient (Wildman–Crippen LogP) is 3.77. The zero-order chi connectivity index (χ0) is 14.1. The van der Waals surface area contributed by atoms with Crippen LogP contribution in [-0.4, -0.2) is 5.91 Å². The molecule has 0 radical (unpaired) electrons. The molecule has 0 aliphatic carbocycles. The molecule has 0 fully saturated rings. The van der Waals surface area contributed by atoms with Crippen LogP contribution in [0.1, 0.15) is 21.5 Å². The molecule has 1 aliphatic rings. The van der Waals surface area contributed by atoms with Crippen molar-refractivity contribution >= 4 is 23.2 Å². The van der Waals surface area contributed by atoms with Gasteiger partial charge < -0.3 is 10.1 Å². The zero-order valence-corrected chi connectivity index (χ0v) is 11.6. The minimum absolute atomic E-state index is 0.108. The second-order valence-electron chi connectivity index (χ2n) is 4.56. The van der Waals surface area contributed by atoms with Crippen LogP contribution in [0.2, 0.25) is 5.02 Å². The third-order valence-corrected chi connectivity index (χ3v) is 3.39. The van der Waals surface area contributed by atoms with Gasteiger partial charge >= 0.3 is 0 Å². The molecule has 0 atom stereocenters. The van der Waals surface area contributed by atoms with Crippen molar-refractivity contribution in [3.8, 4) is 5.75 Å². The lowest BCUT2D eigenvalue weighted by atomic mass is 10.1. The summed E-state index contributed by atoms with van der Waals surface area (Å²) < 4.78 is 5.65. The standard InChI is InChI=1S/C16H12ClNO2/c1-10-8-11(17)6-7-15(10)20-9-14-12-4-2-3-5-13(12)16(19)18-14/h2-9H,1H3,(H,18,19)/b14-9-. The number of fused-ring (bicyclic) bond motifs is 1. The van der Waals surface area contributed by atoms with Gasteiger partial charge in [-0.1, -0.05) is 29.8 Å². The summed E-state index contributed by atoms with van der Waals surface area (Å²) >= 11 is 5.90. The van der Waals surface area contributed by atoms with E-state index in [1.165, 1.54) is 0 Å². The third-order valence-electron chi connectivity index (χ3n) is 3.15. The van der Waals surface area contributed by atoms with Gasteiger partial charge in [0.1, 0.15) is 12.0 Å². The van der Waals surface area contributed by atoms with Crippen molar-refractivity contribution in [3.63, 3.8) is 0 Å². The molecule has 1 amide bonds. The number of carbonyl (C=O) groups is 1. The number of halogens is 1. The normalized spacial score (nSPS) is 15.1. The third kappa shape index (κ3) is 2.28. The first-order valence-electron chi connectivity index (χ1n) is 6.19. The summed E-state index contributed by atoms with van der Waals surface area (Å²) in [7, 11) is 0. The number of hydrogen-bond donors (Lipinski definition) is 1. The number of rotatable bonds is 2. The summed E-state index contributed by atoms with van der Waals surface area (Å²) in [5.41, 5.74) is 3.12. The van der Waals surface area contributed by atoms with Gasteiger partial charge in [-0.3, -0.25) is 4.79 Å². The lowest BCUT2D eigenvalue weighted by molar-refractivity contribution is 0.0980. The molecule has 3 rings (SSSR count). The Morgan fingerprint density at radius 2 is 1.90 bits per heavy atom.